The molecule has 3 rings (SSSR count). The maximum atomic E-state index is 13.4. The molecule has 0 saturated carbocycles. The van der Waals surface area contributed by atoms with Crippen molar-refractivity contribution in [3.05, 3.63) is 97.1 Å². The number of nitrogens with one attached hydrogen (secondary N) is 1. The average Bonchev–Trinajstić information content (AvgIpc) is 3.45. The van der Waals surface area contributed by atoms with Crippen molar-refractivity contribution < 1.29 is 24.2 Å². The van der Waals surface area contributed by atoms with Crippen LogP contribution in [0.3, 0.4) is 0 Å². The zero-order valence-corrected chi connectivity index (χ0v) is 23.3. The number of aliphatic hydroxyl groups is 1. The topological polar surface area (TPSA) is 95.9 Å². The van der Waals surface area contributed by atoms with Crippen LogP contribution >= 0.6 is 0 Å². The third-order valence-corrected chi connectivity index (χ3v) is 7.36. The molecule has 2 aromatic carbocycles. The molecule has 1 aliphatic heterocycles. The van der Waals surface area contributed by atoms with E-state index in [2.05, 4.69) is 18.5 Å². The lowest BCUT2D eigenvalue weighted by atomic mass is 9.96. The number of rotatable bonds is 16. The van der Waals surface area contributed by atoms with Gasteiger partial charge in [-0.25, -0.2) is 0 Å². The Hall–Kier alpha value is -3.71. The van der Waals surface area contributed by atoms with Gasteiger partial charge < -0.3 is 20.1 Å². The second-order valence-corrected chi connectivity index (χ2v) is 10.4. The minimum absolute atomic E-state index is 0.00929. The molecular weight excluding hydrogens is 504 g/mol. The molecule has 7 nitrogen and oxygen atoms in total. The third-order valence-electron chi connectivity index (χ3n) is 7.36. The van der Waals surface area contributed by atoms with Gasteiger partial charge in [0.1, 0.15) is 6.61 Å². The molecule has 2 aromatic rings. The minimum atomic E-state index is -0.606. The Balaban J connectivity index is 1.68. The van der Waals surface area contributed by atoms with E-state index in [1.165, 1.54) is 0 Å². The first-order chi connectivity index (χ1) is 19.4. The van der Waals surface area contributed by atoms with Crippen molar-refractivity contribution in [3.8, 4) is 0 Å². The Labute approximate surface area is 237 Å². The normalized spacial score (nSPS) is 16.9. The van der Waals surface area contributed by atoms with Crippen molar-refractivity contribution >= 4 is 17.8 Å². The van der Waals surface area contributed by atoms with Crippen LogP contribution in [0.15, 0.2) is 86.0 Å². The summed E-state index contributed by atoms with van der Waals surface area (Å²) in [5, 5.41) is 12.7. The number of aliphatic hydroxyl groups excluding tert-OH is 1. The van der Waals surface area contributed by atoms with Crippen LogP contribution in [-0.2, 0) is 32.0 Å². The zero-order chi connectivity index (χ0) is 28.7. The lowest BCUT2D eigenvalue weighted by Crippen LogP contribution is -2.45. The molecule has 40 heavy (non-hydrogen) atoms. The van der Waals surface area contributed by atoms with Crippen LogP contribution in [0.5, 0.6) is 0 Å². The van der Waals surface area contributed by atoms with Gasteiger partial charge in [-0.15, -0.1) is 13.2 Å². The smallest absolute Gasteiger partial charge is 0.309 e. The first-order valence-electron chi connectivity index (χ1n) is 14.1. The fourth-order valence-electron chi connectivity index (χ4n) is 5.20. The van der Waals surface area contributed by atoms with Gasteiger partial charge in [0, 0.05) is 13.0 Å². The van der Waals surface area contributed by atoms with E-state index >= 15 is 0 Å². The van der Waals surface area contributed by atoms with Crippen molar-refractivity contribution in [3.63, 3.8) is 0 Å². The fourth-order valence-corrected chi connectivity index (χ4v) is 5.20. The van der Waals surface area contributed by atoms with Gasteiger partial charge in [0.25, 0.3) is 0 Å². The number of carbonyl (C=O) groups excluding carboxylic acids is 3. The maximum Gasteiger partial charge on any atom is 0.309 e. The second-order valence-electron chi connectivity index (χ2n) is 10.4. The van der Waals surface area contributed by atoms with Crippen LogP contribution < -0.4 is 5.32 Å². The molecule has 0 spiro atoms. The largest absolute Gasteiger partial charge is 0.463 e. The van der Waals surface area contributed by atoms with Crippen LogP contribution in [0, 0.1) is 11.8 Å². The summed E-state index contributed by atoms with van der Waals surface area (Å²) in [6, 6.07) is 18.8. The van der Waals surface area contributed by atoms with E-state index in [1.54, 1.807) is 17.1 Å². The Morgan fingerprint density at radius 3 is 2.15 bits per heavy atom. The number of amides is 2. The first kappa shape index (κ1) is 30.8. The second kappa shape index (κ2) is 16.4. The van der Waals surface area contributed by atoms with Crippen LogP contribution in [0.25, 0.3) is 0 Å². The van der Waals surface area contributed by atoms with Gasteiger partial charge in [0.05, 0.1) is 30.5 Å². The van der Waals surface area contributed by atoms with E-state index in [0.29, 0.717) is 32.2 Å². The van der Waals surface area contributed by atoms with Crippen LogP contribution in [0.2, 0.25) is 0 Å². The van der Waals surface area contributed by atoms with E-state index in [4.69, 9.17) is 4.74 Å². The number of esters is 1. The molecule has 214 valence electrons. The summed E-state index contributed by atoms with van der Waals surface area (Å²) in [7, 11) is 0. The summed E-state index contributed by atoms with van der Waals surface area (Å²) in [4.78, 5) is 41.2. The van der Waals surface area contributed by atoms with Crippen molar-refractivity contribution in [2.24, 2.45) is 11.8 Å². The number of benzene rings is 2. The number of ether oxygens (including phenoxy) is 1. The standard InChI is InChI=1S/C33H42N2O5/c1-3-12-27(22-31(37)35-19-11-18-30(35)23-36)32(38)34-29(21-26-16-9-6-10-17-26)24-40-33(39)28(13-4-2)20-25-14-7-5-8-15-25/h3-10,14-17,27-30,36H,1-2,11-13,18-24H2,(H,34,38)/t27-,28-,29-,30+/m1/s1. The van der Waals surface area contributed by atoms with Gasteiger partial charge in [-0.2, -0.15) is 0 Å². The van der Waals surface area contributed by atoms with Crippen molar-refractivity contribution in [2.75, 3.05) is 19.8 Å². The highest BCUT2D eigenvalue weighted by molar-refractivity contribution is 5.86. The lowest BCUT2D eigenvalue weighted by molar-refractivity contribution is -0.149. The predicted octanol–water partition coefficient (Wildman–Crippen LogP) is 4.26. The summed E-state index contributed by atoms with van der Waals surface area (Å²) < 4.78 is 5.77. The number of hydrogen-bond donors (Lipinski definition) is 2. The number of carbonyl (C=O) groups is 3. The highest BCUT2D eigenvalue weighted by atomic mass is 16.5. The molecule has 1 aliphatic rings. The number of nitrogens with zero attached hydrogens (tertiary/aromatic N) is 1. The van der Waals surface area contributed by atoms with E-state index in [0.717, 1.165) is 24.0 Å². The Morgan fingerprint density at radius 1 is 0.950 bits per heavy atom. The SMILES string of the molecule is C=CC[C@H](CC(=O)N1CCC[C@H]1CO)C(=O)N[C@@H](COC(=O)[C@H](CC=C)Cc1ccccc1)Cc1ccccc1. The third kappa shape index (κ3) is 9.49. The van der Waals surface area contributed by atoms with Gasteiger partial charge >= 0.3 is 5.97 Å². The quantitative estimate of drug-likeness (QED) is 0.242. The van der Waals surface area contributed by atoms with Crippen molar-refractivity contribution in [1.29, 1.82) is 0 Å². The molecule has 0 unspecified atom stereocenters. The first-order valence-corrected chi connectivity index (χ1v) is 14.1. The van der Waals surface area contributed by atoms with Crippen LogP contribution in [0.1, 0.15) is 43.2 Å². The molecule has 2 N–H and O–H groups in total. The average molecular weight is 547 g/mol. The molecule has 0 radical (unpaired) electrons. The van der Waals surface area contributed by atoms with E-state index in [1.807, 2.05) is 60.7 Å². The molecule has 7 heteroatoms. The van der Waals surface area contributed by atoms with E-state index < -0.39 is 12.0 Å². The van der Waals surface area contributed by atoms with Crippen LogP contribution in [0.4, 0.5) is 0 Å². The molecule has 0 aliphatic carbocycles. The zero-order valence-electron chi connectivity index (χ0n) is 23.3. The van der Waals surface area contributed by atoms with Crippen molar-refractivity contribution in [2.45, 2.75) is 57.0 Å². The Bertz CT molecular complexity index is 1100. The Morgan fingerprint density at radius 2 is 1.55 bits per heavy atom. The summed E-state index contributed by atoms with van der Waals surface area (Å²) in [6.45, 7) is 8.09. The van der Waals surface area contributed by atoms with E-state index in [9.17, 15) is 19.5 Å². The van der Waals surface area contributed by atoms with Gasteiger partial charge in [0.15, 0.2) is 0 Å². The van der Waals surface area contributed by atoms with E-state index in [-0.39, 0.29) is 49.4 Å². The minimum Gasteiger partial charge on any atom is -0.463 e. The summed E-state index contributed by atoms with van der Waals surface area (Å²) in [5.41, 5.74) is 2.04. The number of hydrogen-bond acceptors (Lipinski definition) is 5. The molecule has 1 saturated heterocycles. The number of allylic oxidation sites excluding steroid dienone is 2. The molecule has 1 heterocycles. The molecule has 0 bridgehead atoms. The molecule has 2 amide bonds. The molecule has 4 atom stereocenters. The monoisotopic (exact) mass is 546 g/mol. The summed E-state index contributed by atoms with van der Waals surface area (Å²) in [5.74, 6) is -1.74. The fraction of sp³-hybridized carbons (Fsp3) is 0.424. The van der Waals surface area contributed by atoms with Gasteiger partial charge in [0.2, 0.25) is 11.8 Å². The van der Waals surface area contributed by atoms with Gasteiger partial charge in [-0.05, 0) is 49.7 Å². The summed E-state index contributed by atoms with van der Waals surface area (Å²) in [6.07, 6.45) is 6.83. The number of likely N-dealkylation sites (tertiary alicyclic amines) is 1. The van der Waals surface area contributed by atoms with Gasteiger partial charge in [-0.3, -0.25) is 14.4 Å². The summed E-state index contributed by atoms with van der Waals surface area (Å²) >= 11 is 0. The molecular formula is C33H42N2O5. The van der Waals surface area contributed by atoms with Gasteiger partial charge in [-0.1, -0.05) is 72.8 Å². The maximum absolute atomic E-state index is 13.4. The Kier molecular flexibility index (Phi) is 12.6. The van der Waals surface area contributed by atoms with Crippen LogP contribution in [-0.4, -0.2) is 59.6 Å². The molecule has 1 fully saturated rings. The van der Waals surface area contributed by atoms with Crippen molar-refractivity contribution in [1.82, 2.24) is 10.2 Å². The highest BCUT2D eigenvalue weighted by Crippen LogP contribution is 2.21. The predicted molar refractivity (Wildman–Crippen MR) is 156 cm³/mol. The lowest BCUT2D eigenvalue weighted by Gasteiger charge is -2.26. The molecule has 0 aromatic heterocycles. The highest BCUT2D eigenvalue weighted by Gasteiger charge is 2.32.